The first-order valence-electron chi connectivity index (χ1n) is 6.97. The lowest BCUT2D eigenvalue weighted by Crippen LogP contribution is -2.34. The van der Waals surface area contributed by atoms with Gasteiger partial charge in [0.2, 0.25) is 0 Å². The molecule has 1 N–H and O–H groups in total. The van der Waals surface area contributed by atoms with E-state index in [1.54, 1.807) is 0 Å². The van der Waals surface area contributed by atoms with Crippen LogP contribution in [0.5, 0.6) is 0 Å². The molecular formula is C16H27NOS. The van der Waals surface area contributed by atoms with E-state index in [-0.39, 0.29) is 4.75 Å². The number of hydrogen-bond acceptors (Lipinski definition) is 2. The number of hydrogen-bond donors (Lipinski definition) is 1. The van der Waals surface area contributed by atoms with Crippen LogP contribution in [-0.4, -0.2) is 27.3 Å². The van der Waals surface area contributed by atoms with Crippen LogP contribution in [-0.2, 0) is 17.2 Å². The summed E-state index contributed by atoms with van der Waals surface area (Å²) in [6.45, 7) is 11.2. The summed E-state index contributed by atoms with van der Waals surface area (Å²) >= 11 is 0. The van der Waals surface area contributed by atoms with Crippen molar-refractivity contribution in [2.24, 2.45) is 0 Å². The fraction of sp³-hybridized carbons (Fsp3) is 0.625. The van der Waals surface area contributed by atoms with Gasteiger partial charge in [0.05, 0.1) is 0 Å². The fourth-order valence-electron chi connectivity index (χ4n) is 1.95. The molecule has 3 heteroatoms. The molecule has 0 heterocycles. The highest BCUT2D eigenvalue weighted by Gasteiger charge is 2.18. The molecular weight excluding hydrogens is 254 g/mol. The van der Waals surface area contributed by atoms with E-state index in [0.29, 0.717) is 6.04 Å². The maximum absolute atomic E-state index is 11.9. The molecule has 0 aliphatic rings. The molecule has 0 aromatic heterocycles. The van der Waals surface area contributed by atoms with Crippen molar-refractivity contribution < 1.29 is 4.21 Å². The first-order chi connectivity index (χ1) is 8.80. The molecule has 1 aromatic rings. The fourth-order valence-corrected chi connectivity index (χ4v) is 2.86. The number of aryl methyl sites for hydroxylation is 1. The SMILES string of the molecule is Cc1ccccc1C[C@@H](C)NCC[S@@](=O)C(C)(C)C. The largest absolute Gasteiger partial charge is 0.313 e. The molecule has 0 spiro atoms. The molecule has 2 nitrogen and oxygen atoms in total. The molecule has 108 valence electrons. The molecule has 0 unspecified atom stereocenters. The molecule has 0 aliphatic carbocycles. The summed E-state index contributed by atoms with van der Waals surface area (Å²) in [5, 5.41) is 3.47. The summed E-state index contributed by atoms with van der Waals surface area (Å²) in [4.78, 5) is 0. The molecule has 19 heavy (non-hydrogen) atoms. The topological polar surface area (TPSA) is 29.1 Å². The molecule has 0 radical (unpaired) electrons. The van der Waals surface area contributed by atoms with Gasteiger partial charge in [-0.15, -0.1) is 0 Å². The average Bonchev–Trinajstić information content (AvgIpc) is 2.31. The van der Waals surface area contributed by atoms with Gasteiger partial charge in [0, 0.05) is 33.9 Å². The summed E-state index contributed by atoms with van der Waals surface area (Å²) in [5.74, 6) is 0.724. The molecule has 0 bridgehead atoms. The van der Waals surface area contributed by atoms with E-state index in [0.717, 1.165) is 18.7 Å². The van der Waals surface area contributed by atoms with Crippen molar-refractivity contribution in [2.75, 3.05) is 12.3 Å². The minimum Gasteiger partial charge on any atom is -0.313 e. The van der Waals surface area contributed by atoms with Gasteiger partial charge in [-0.05, 0) is 52.2 Å². The zero-order valence-corrected chi connectivity index (χ0v) is 13.6. The zero-order chi connectivity index (χ0) is 14.5. The standard InChI is InChI=1S/C16H27NOS/c1-13-8-6-7-9-15(13)12-14(2)17-10-11-19(18)16(3,4)5/h6-9,14,17H,10-12H2,1-5H3/t14-,19-/m1/s1. The second-order valence-electron chi connectivity index (χ2n) is 6.15. The van der Waals surface area contributed by atoms with Gasteiger partial charge in [-0.1, -0.05) is 24.3 Å². The van der Waals surface area contributed by atoms with Crippen molar-refractivity contribution in [3.8, 4) is 0 Å². The van der Waals surface area contributed by atoms with Crippen LogP contribution in [0.4, 0.5) is 0 Å². The molecule has 0 amide bonds. The molecule has 0 fully saturated rings. The van der Waals surface area contributed by atoms with E-state index in [1.165, 1.54) is 11.1 Å². The van der Waals surface area contributed by atoms with Crippen LogP contribution >= 0.6 is 0 Å². The third-order valence-corrected chi connectivity index (χ3v) is 5.19. The molecule has 0 aliphatic heterocycles. The normalized spacial score (nSPS) is 15.2. The Hall–Kier alpha value is -0.670. The Morgan fingerprint density at radius 1 is 1.26 bits per heavy atom. The van der Waals surface area contributed by atoms with Crippen LogP contribution < -0.4 is 5.32 Å². The third kappa shape index (κ3) is 5.87. The van der Waals surface area contributed by atoms with E-state index < -0.39 is 10.8 Å². The highest BCUT2D eigenvalue weighted by molar-refractivity contribution is 7.86. The highest BCUT2D eigenvalue weighted by atomic mass is 32.2. The van der Waals surface area contributed by atoms with Crippen LogP contribution in [0, 0.1) is 6.92 Å². The van der Waals surface area contributed by atoms with Crippen LogP contribution in [0.1, 0.15) is 38.8 Å². The van der Waals surface area contributed by atoms with Gasteiger partial charge in [0.1, 0.15) is 0 Å². The van der Waals surface area contributed by atoms with E-state index in [1.807, 2.05) is 20.8 Å². The summed E-state index contributed by atoms with van der Waals surface area (Å²) in [6.07, 6.45) is 1.02. The second kappa shape index (κ2) is 7.20. The maximum atomic E-state index is 11.9. The minimum atomic E-state index is -0.767. The van der Waals surface area contributed by atoms with Crippen molar-refractivity contribution >= 4 is 10.8 Å². The highest BCUT2D eigenvalue weighted by Crippen LogP contribution is 2.11. The van der Waals surface area contributed by atoms with Crippen molar-refractivity contribution in [1.82, 2.24) is 5.32 Å². The zero-order valence-electron chi connectivity index (χ0n) is 12.8. The lowest BCUT2D eigenvalue weighted by atomic mass is 10.0. The summed E-state index contributed by atoms with van der Waals surface area (Å²) in [7, 11) is -0.767. The van der Waals surface area contributed by atoms with Crippen LogP contribution in [0.15, 0.2) is 24.3 Å². The van der Waals surface area contributed by atoms with Crippen LogP contribution in [0.2, 0.25) is 0 Å². The number of benzene rings is 1. The second-order valence-corrected chi connectivity index (χ2v) is 8.47. The van der Waals surface area contributed by atoms with Crippen molar-refractivity contribution in [3.05, 3.63) is 35.4 Å². The van der Waals surface area contributed by atoms with Crippen molar-refractivity contribution in [1.29, 1.82) is 0 Å². The van der Waals surface area contributed by atoms with E-state index in [9.17, 15) is 4.21 Å². The predicted octanol–water partition coefficient (Wildman–Crippen LogP) is 3.06. The van der Waals surface area contributed by atoms with Crippen LogP contribution in [0.25, 0.3) is 0 Å². The van der Waals surface area contributed by atoms with Crippen LogP contribution in [0.3, 0.4) is 0 Å². The Bertz CT molecular complexity index is 423. The summed E-state index contributed by atoms with van der Waals surface area (Å²) < 4.78 is 11.8. The lowest BCUT2D eigenvalue weighted by molar-refractivity contribution is 0.561. The van der Waals surface area contributed by atoms with E-state index in [4.69, 9.17) is 0 Å². The van der Waals surface area contributed by atoms with E-state index in [2.05, 4.69) is 43.4 Å². The Morgan fingerprint density at radius 3 is 2.47 bits per heavy atom. The molecule has 1 aromatic carbocycles. The Kier molecular flexibility index (Phi) is 6.21. The first-order valence-corrected chi connectivity index (χ1v) is 8.29. The maximum Gasteiger partial charge on any atom is 0.0375 e. The molecule has 1 rings (SSSR count). The number of nitrogens with one attached hydrogen (secondary N) is 1. The molecule has 0 saturated carbocycles. The van der Waals surface area contributed by atoms with Gasteiger partial charge >= 0.3 is 0 Å². The Balaban J connectivity index is 2.35. The van der Waals surface area contributed by atoms with Crippen molar-refractivity contribution in [3.63, 3.8) is 0 Å². The van der Waals surface area contributed by atoms with Gasteiger partial charge in [0.15, 0.2) is 0 Å². The summed E-state index contributed by atoms with van der Waals surface area (Å²) in [6, 6.07) is 8.91. The van der Waals surface area contributed by atoms with Gasteiger partial charge < -0.3 is 5.32 Å². The first kappa shape index (κ1) is 16.4. The quantitative estimate of drug-likeness (QED) is 0.868. The van der Waals surface area contributed by atoms with E-state index >= 15 is 0 Å². The van der Waals surface area contributed by atoms with Gasteiger partial charge in [-0.2, -0.15) is 0 Å². The van der Waals surface area contributed by atoms with Gasteiger partial charge in [-0.3, -0.25) is 4.21 Å². The molecule has 2 atom stereocenters. The summed E-state index contributed by atoms with van der Waals surface area (Å²) in [5.41, 5.74) is 2.73. The van der Waals surface area contributed by atoms with Crippen molar-refractivity contribution in [2.45, 2.75) is 51.8 Å². The predicted molar refractivity (Wildman–Crippen MR) is 85.1 cm³/mol. The lowest BCUT2D eigenvalue weighted by Gasteiger charge is -2.19. The Morgan fingerprint density at radius 2 is 1.89 bits per heavy atom. The molecule has 0 saturated heterocycles. The number of rotatable bonds is 6. The average molecular weight is 281 g/mol. The minimum absolute atomic E-state index is 0.110. The Labute approximate surface area is 120 Å². The third-order valence-electron chi connectivity index (χ3n) is 3.25. The monoisotopic (exact) mass is 281 g/mol. The van der Waals surface area contributed by atoms with Gasteiger partial charge in [-0.25, -0.2) is 0 Å². The smallest absolute Gasteiger partial charge is 0.0375 e. The van der Waals surface area contributed by atoms with Gasteiger partial charge in [0.25, 0.3) is 0 Å².